The van der Waals surface area contributed by atoms with Gasteiger partial charge in [-0.3, -0.25) is 0 Å². The van der Waals surface area contributed by atoms with E-state index in [1.807, 2.05) is 0 Å². The van der Waals surface area contributed by atoms with Gasteiger partial charge in [0.25, 0.3) is 0 Å². The smallest absolute Gasteiger partial charge is 0.341 e. The van der Waals surface area contributed by atoms with Crippen molar-refractivity contribution in [2.75, 3.05) is 0 Å². The number of hydrogen-bond donors (Lipinski definition) is 0. The Morgan fingerprint density at radius 1 is 1.42 bits per heavy atom. The van der Waals surface area contributed by atoms with Gasteiger partial charge in [0.05, 0.1) is 10.5 Å². The topological polar surface area (TPSA) is 67.2 Å². The molecular weight excluding hydrogens is 367 g/mol. The Labute approximate surface area is 142 Å². The summed E-state index contributed by atoms with van der Waals surface area (Å²) in [6.07, 6.45) is 1.61. The summed E-state index contributed by atoms with van der Waals surface area (Å²) in [7, 11) is -4.89. The second kappa shape index (κ2) is 8.04. The highest BCUT2D eigenvalue weighted by atomic mass is 35.5. The third-order valence-electron chi connectivity index (χ3n) is 2.63. The molecule has 1 aromatic carbocycles. The van der Waals surface area contributed by atoms with Crippen molar-refractivity contribution in [3.05, 3.63) is 64.0 Å². The van der Waals surface area contributed by atoms with Crippen LogP contribution in [0.2, 0.25) is 5.02 Å². The fraction of sp³-hybridized carbons (Fsp3) is 0.133. The lowest BCUT2D eigenvalue weighted by atomic mass is 10.2. The Hall–Kier alpha value is -2.24. The molecule has 128 valence electrons. The first-order chi connectivity index (χ1) is 11.1. The van der Waals surface area contributed by atoms with Crippen LogP contribution in [0.15, 0.2) is 53.2 Å². The maximum atomic E-state index is 13.2. The van der Waals surface area contributed by atoms with Crippen molar-refractivity contribution in [1.82, 2.24) is 0 Å². The summed E-state index contributed by atoms with van der Waals surface area (Å²) in [5, 5.41) is 9.09. The molecule has 1 rings (SSSR count). The van der Waals surface area contributed by atoms with Crippen LogP contribution in [0.4, 0.5) is 13.2 Å². The van der Waals surface area contributed by atoms with Crippen LogP contribution in [0.1, 0.15) is 6.92 Å². The van der Waals surface area contributed by atoms with E-state index < -0.39 is 31.9 Å². The molecule has 0 bridgehead atoms. The van der Waals surface area contributed by atoms with Crippen molar-refractivity contribution in [3.8, 4) is 11.8 Å². The summed E-state index contributed by atoms with van der Waals surface area (Å²) >= 11 is 5.65. The van der Waals surface area contributed by atoms with E-state index in [1.54, 1.807) is 6.07 Å². The van der Waals surface area contributed by atoms with Gasteiger partial charge in [-0.25, -0.2) is 12.8 Å². The lowest BCUT2D eigenvalue weighted by Crippen LogP contribution is -2.13. The molecule has 0 aliphatic carbocycles. The number of allylic oxidation sites excluding steroid dienone is 3. The summed E-state index contributed by atoms with van der Waals surface area (Å²) in [6.45, 7) is 4.63. The number of hydrogen-bond acceptors (Lipinski definition) is 4. The SMILES string of the molecule is C=C(Oc1cc(F)cc(Cl)c1)C(C#N)=CC(=CC)S(=O)(=O)C(F)F. The zero-order chi connectivity index (χ0) is 18.5. The maximum Gasteiger partial charge on any atom is 0.341 e. The molecule has 0 aliphatic heterocycles. The highest BCUT2D eigenvalue weighted by Crippen LogP contribution is 2.25. The van der Waals surface area contributed by atoms with Crippen LogP contribution in [0.25, 0.3) is 0 Å². The Morgan fingerprint density at radius 3 is 2.50 bits per heavy atom. The van der Waals surface area contributed by atoms with Crippen molar-refractivity contribution in [1.29, 1.82) is 5.26 Å². The van der Waals surface area contributed by atoms with Gasteiger partial charge in [0.1, 0.15) is 23.4 Å². The standard InChI is InChI=1S/C15H11ClF3NO3S/c1-3-14(24(21,22)15(18)19)4-10(8-20)9(2)23-13-6-11(16)5-12(17)7-13/h3-7,15H,2H2,1H3. The molecule has 4 nitrogen and oxygen atoms in total. The summed E-state index contributed by atoms with van der Waals surface area (Å²) in [6, 6.07) is 4.80. The molecule has 0 unspecified atom stereocenters. The molecule has 9 heteroatoms. The van der Waals surface area contributed by atoms with E-state index in [9.17, 15) is 21.6 Å². The van der Waals surface area contributed by atoms with Gasteiger partial charge < -0.3 is 4.74 Å². The molecule has 0 atom stereocenters. The predicted octanol–water partition coefficient (Wildman–Crippen LogP) is 4.36. The van der Waals surface area contributed by atoms with E-state index in [2.05, 4.69) is 6.58 Å². The van der Waals surface area contributed by atoms with E-state index in [0.717, 1.165) is 18.2 Å². The van der Waals surface area contributed by atoms with Crippen LogP contribution in [-0.2, 0) is 9.84 Å². The average Bonchev–Trinajstić information content (AvgIpc) is 2.46. The number of ether oxygens (including phenoxy) is 1. The summed E-state index contributed by atoms with van der Waals surface area (Å²) < 4.78 is 66.5. The van der Waals surface area contributed by atoms with Gasteiger partial charge >= 0.3 is 5.76 Å². The fourth-order valence-electron chi connectivity index (χ4n) is 1.53. The zero-order valence-corrected chi connectivity index (χ0v) is 13.8. The molecule has 0 heterocycles. The zero-order valence-electron chi connectivity index (χ0n) is 12.3. The maximum absolute atomic E-state index is 13.2. The second-order valence-electron chi connectivity index (χ2n) is 4.30. The van der Waals surface area contributed by atoms with Gasteiger partial charge in [-0.1, -0.05) is 24.3 Å². The average molecular weight is 378 g/mol. The molecule has 0 aliphatic rings. The van der Waals surface area contributed by atoms with Crippen molar-refractivity contribution in [2.45, 2.75) is 12.7 Å². The second-order valence-corrected chi connectivity index (χ2v) is 6.65. The van der Waals surface area contributed by atoms with Crippen LogP contribution in [0.3, 0.4) is 0 Å². The lowest BCUT2D eigenvalue weighted by Gasteiger charge is -2.09. The quantitative estimate of drug-likeness (QED) is 0.419. The van der Waals surface area contributed by atoms with Gasteiger partial charge in [-0.05, 0) is 25.1 Å². The van der Waals surface area contributed by atoms with Crippen LogP contribution in [0.5, 0.6) is 5.75 Å². The number of alkyl halides is 2. The van der Waals surface area contributed by atoms with E-state index in [4.69, 9.17) is 21.6 Å². The molecular formula is C15H11ClF3NO3S. The largest absolute Gasteiger partial charge is 0.456 e. The molecule has 0 N–H and O–H groups in total. The van der Waals surface area contributed by atoms with Crippen LogP contribution in [0, 0.1) is 17.1 Å². The Kier molecular flexibility index (Phi) is 6.63. The van der Waals surface area contributed by atoms with E-state index >= 15 is 0 Å². The van der Waals surface area contributed by atoms with E-state index in [-0.39, 0.29) is 16.5 Å². The number of nitriles is 1. The third-order valence-corrected chi connectivity index (χ3v) is 4.33. The number of benzene rings is 1. The number of halogens is 4. The number of nitrogens with zero attached hydrogens (tertiary/aromatic N) is 1. The first-order valence-corrected chi connectivity index (χ1v) is 8.17. The van der Waals surface area contributed by atoms with Crippen molar-refractivity contribution in [2.24, 2.45) is 0 Å². The Bertz CT molecular complexity index is 835. The molecule has 0 saturated carbocycles. The van der Waals surface area contributed by atoms with Crippen LogP contribution in [-0.4, -0.2) is 14.2 Å². The molecule has 0 fully saturated rings. The molecule has 1 aromatic rings. The van der Waals surface area contributed by atoms with Gasteiger partial charge in [-0.2, -0.15) is 14.0 Å². The van der Waals surface area contributed by atoms with E-state index in [1.165, 1.54) is 13.0 Å². The molecule has 0 radical (unpaired) electrons. The minimum absolute atomic E-state index is 0.0229. The van der Waals surface area contributed by atoms with Crippen molar-refractivity contribution in [3.63, 3.8) is 0 Å². The molecule has 0 spiro atoms. The van der Waals surface area contributed by atoms with Crippen LogP contribution >= 0.6 is 11.6 Å². The summed E-state index contributed by atoms with van der Waals surface area (Å²) in [5.41, 5.74) is -0.423. The van der Waals surface area contributed by atoms with E-state index in [0.29, 0.717) is 6.08 Å². The normalized spacial score (nSPS) is 12.9. The Morgan fingerprint density at radius 2 is 2.04 bits per heavy atom. The van der Waals surface area contributed by atoms with Crippen molar-refractivity contribution < 1.29 is 26.3 Å². The van der Waals surface area contributed by atoms with Gasteiger partial charge in [-0.15, -0.1) is 0 Å². The number of rotatable bonds is 6. The molecule has 0 amide bonds. The van der Waals surface area contributed by atoms with Crippen molar-refractivity contribution >= 4 is 21.4 Å². The number of sulfone groups is 1. The summed E-state index contributed by atoms with van der Waals surface area (Å²) in [5.74, 6) is -4.80. The molecule has 0 saturated heterocycles. The minimum atomic E-state index is -4.89. The summed E-state index contributed by atoms with van der Waals surface area (Å²) in [4.78, 5) is -0.768. The van der Waals surface area contributed by atoms with Gasteiger partial charge in [0.2, 0.25) is 9.84 Å². The molecule has 24 heavy (non-hydrogen) atoms. The predicted molar refractivity (Wildman–Crippen MR) is 83.6 cm³/mol. The van der Waals surface area contributed by atoms with Crippen LogP contribution < -0.4 is 4.74 Å². The third kappa shape index (κ3) is 4.88. The minimum Gasteiger partial charge on any atom is -0.456 e. The molecule has 0 aromatic heterocycles. The highest BCUT2D eigenvalue weighted by Gasteiger charge is 2.28. The highest BCUT2D eigenvalue weighted by molar-refractivity contribution is 7.95. The van der Waals surface area contributed by atoms with Gasteiger partial charge in [0.15, 0.2) is 0 Å². The monoisotopic (exact) mass is 377 g/mol. The Balaban J connectivity index is 3.17. The first-order valence-electron chi connectivity index (χ1n) is 6.25. The fourth-order valence-corrected chi connectivity index (χ4v) is 2.56. The van der Waals surface area contributed by atoms with Gasteiger partial charge in [0, 0.05) is 11.1 Å². The lowest BCUT2D eigenvalue weighted by molar-refractivity contribution is 0.236. The first kappa shape index (κ1) is 19.8.